The summed E-state index contributed by atoms with van der Waals surface area (Å²) >= 11 is 0. The fourth-order valence-electron chi connectivity index (χ4n) is 3.27. The van der Waals surface area contributed by atoms with Gasteiger partial charge in [0, 0.05) is 24.3 Å². The van der Waals surface area contributed by atoms with Gasteiger partial charge in [-0.15, -0.1) is 0 Å². The summed E-state index contributed by atoms with van der Waals surface area (Å²) in [5.41, 5.74) is 3.24. The lowest BCUT2D eigenvalue weighted by Gasteiger charge is -2.34. The Labute approximate surface area is 147 Å². The van der Waals surface area contributed by atoms with Crippen LogP contribution in [-0.2, 0) is 6.42 Å². The first kappa shape index (κ1) is 17.2. The van der Waals surface area contributed by atoms with Gasteiger partial charge < -0.3 is 14.7 Å². The molecule has 0 fully saturated rings. The Morgan fingerprint density at radius 1 is 1.28 bits per heavy atom. The molecule has 1 N–H and O–H groups in total. The Morgan fingerprint density at radius 3 is 2.76 bits per heavy atom. The van der Waals surface area contributed by atoms with E-state index < -0.39 is 6.10 Å². The van der Waals surface area contributed by atoms with E-state index in [-0.39, 0.29) is 12.4 Å². The third-order valence-corrected chi connectivity index (χ3v) is 4.46. The predicted molar refractivity (Wildman–Crippen MR) is 94.3 cm³/mol. The van der Waals surface area contributed by atoms with Crippen molar-refractivity contribution in [2.75, 3.05) is 24.6 Å². The van der Waals surface area contributed by atoms with E-state index >= 15 is 0 Å². The van der Waals surface area contributed by atoms with E-state index in [2.05, 4.69) is 6.07 Å². The van der Waals surface area contributed by atoms with Gasteiger partial charge in [0.1, 0.15) is 24.3 Å². The SMILES string of the molecule is Cc1ccc(F)c2c1N(CC(O)COc1ccc(C#N)cc1)CCC2. The summed E-state index contributed by atoms with van der Waals surface area (Å²) in [6.45, 7) is 3.31. The molecule has 1 unspecified atom stereocenters. The zero-order valence-corrected chi connectivity index (χ0v) is 14.2. The molecule has 0 radical (unpaired) electrons. The summed E-state index contributed by atoms with van der Waals surface area (Å²) in [6.07, 6.45) is 0.914. The van der Waals surface area contributed by atoms with Crippen molar-refractivity contribution >= 4 is 5.69 Å². The highest BCUT2D eigenvalue weighted by molar-refractivity contribution is 5.61. The second-order valence-corrected chi connectivity index (χ2v) is 6.34. The number of anilines is 1. The number of hydrogen-bond acceptors (Lipinski definition) is 4. The predicted octanol–water partition coefficient (Wildman–Crippen LogP) is 3.20. The van der Waals surface area contributed by atoms with Crippen molar-refractivity contribution in [1.82, 2.24) is 0 Å². The van der Waals surface area contributed by atoms with Gasteiger partial charge in [0.15, 0.2) is 0 Å². The van der Waals surface area contributed by atoms with Crippen LogP contribution in [0.25, 0.3) is 0 Å². The Morgan fingerprint density at radius 2 is 2.04 bits per heavy atom. The van der Waals surface area contributed by atoms with Crippen LogP contribution in [0.2, 0.25) is 0 Å². The van der Waals surface area contributed by atoms with Crippen LogP contribution in [0.15, 0.2) is 36.4 Å². The van der Waals surface area contributed by atoms with Gasteiger partial charge in [-0.3, -0.25) is 0 Å². The molecule has 130 valence electrons. The average molecular weight is 340 g/mol. The standard InChI is InChI=1S/C20H21FN2O2/c1-14-4-9-19(21)18-3-2-10-23(20(14)18)12-16(24)13-25-17-7-5-15(11-22)6-8-17/h4-9,16,24H,2-3,10,12-13H2,1H3. The second kappa shape index (κ2) is 7.54. The Hall–Kier alpha value is -2.58. The molecule has 5 heteroatoms. The fourth-order valence-corrected chi connectivity index (χ4v) is 3.27. The first-order valence-electron chi connectivity index (χ1n) is 8.42. The number of aliphatic hydroxyl groups is 1. The molecule has 0 saturated heterocycles. The Bertz CT molecular complexity index is 784. The van der Waals surface area contributed by atoms with Crippen molar-refractivity contribution in [3.05, 3.63) is 58.9 Å². The van der Waals surface area contributed by atoms with Crippen molar-refractivity contribution in [3.8, 4) is 11.8 Å². The number of aliphatic hydroxyl groups excluding tert-OH is 1. The molecule has 0 aliphatic carbocycles. The summed E-state index contributed by atoms with van der Waals surface area (Å²) in [4.78, 5) is 2.05. The van der Waals surface area contributed by atoms with Crippen LogP contribution in [0.1, 0.15) is 23.1 Å². The van der Waals surface area contributed by atoms with Gasteiger partial charge >= 0.3 is 0 Å². The topological polar surface area (TPSA) is 56.5 Å². The molecule has 2 aromatic carbocycles. The van der Waals surface area contributed by atoms with Crippen LogP contribution in [0.4, 0.5) is 10.1 Å². The van der Waals surface area contributed by atoms with Crippen LogP contribution in [0.3, 0.4) is 0 Å². The quantitative estimate of drug-likeness (QED) is 0.908. The van der Waals surface area contributed by atoms with Crippen molar-refractivity contribution in [1.29, 1.82) is 5.26 Å². The first-order valence-corrected chi connectivity index (χ1v) is 8.42. The van der Waals surface area contributed by atoms with Gasteiger partial charge in [-0.1, -0.05) is 6.07 Å². The summed E-state index contributed by atoms with van der Waals surface area (Å²) in [5, 5.41) is 19.1. The van der Waals surface area contributed by atoms with E-state index in [4.69, 9.17) is 10.00 Å². The molecule has 1 heterocycles. The largest absolute Gasteiger partial charge is 0.491 e. The lowest BCUT2D eigenvalue weighted by Crippen LogP contribution is -2.39. The summed E-state index contributed by atoms with van der Waals surface area (Å²) < 4.78 is 19.6. The minimum atomic E-state index is -0.690. The molecule has 0 bridgehead atoms. The zero-order chi connectivity index (χ0) is 17.8. The number of benzene rings is 2. The number of halogens is 1. The first-order chi connectivity index (χ1) is 12.1. The fraction of sp³-hybridized carbons (Fsp3) is 0.350. The minimum Gasteiger partial charge on any atom is -0.491 e. The van der Waals surface area contributed by atoms with Crippen LogP contribution < -0.4 is 9.64 Å². The van der Waals surface area contributed by atoms with E-state index in [0.29, 0.717) is 17.9 Å². The van der Waals surface area contributed by atoms with E-state index in [0.717, 1.165) is 36.2 Å². The number of nitrogens with zero attached hydrogens (tertiary/aromatic N) is 2. The van der Waals surface area contributed by atoms with Gasteiger partial charge in [-0.05, 0) is 55.7 Å². The van der Waals surface area contributed by atoms with Crippen LogP contribution in [0, 0.1) is 24.1 Å². The number of hydrogen-bond donors (Lipinski definition) is 1. The molecular formula is C20H21FN2O2. The van der Waals surface area contributed by atoms with Gasteiger partial charge in [-0.2, -0.15) is 5.26 Å². The molecule has 4 nitrogen and oxygen atoms in total. The van der Waals surface area contributed by atoms with E-state index in [1.54, 1.807) is 30.3 Å². The van der Waals surface area contributed by atoms with Crippen molar-refractivity contribution in [3.63, 3.8) is 0 Å². The molecule has 1 atom stereocenters. The van der Waals surface area contributed by atoms with Crippen LogP contribution in [-0.4, -0.2) is 30.9 Å². The normalized spacial score (nSPS) is 14.6. The maximum atomic E-state index is 14.1. The number of fused-ring (bicyclic) bond motifs is 1. The number of nitriles is 1. The third kappa shape index (κ3) is 3.92. The molecular weight excluding hydrogens is 319 g/mol. The maximum absolute atomic E-state index is 14.1. The van der Waals surface area contributed by atoms with Crippen LogP contribution in [0.5, 0.6) is 5.75 Å². The van der Waals surface area contributed by atoms with Gasteiger partial charge in [0.2, 0.25) is 0 Å². The molecule has 0 saturated carbocycles. The number of β-amino-alcohol motifs (C(OH)–C–C–N with tert-alkyl or cyclic N) is 1. The highest BCUT2D eigenvalue weighted by Gasteiger charge is 2.23. The summed E-state index contributed by atoms with van der Waals surface area (Å²) in [7, 11) is 0. The van der Waals surface area contributed by atoms with Crippen LogP contribution >= 0.6 is 0 Å². The highest BCUT2D eigenvalue weighted by atomic mass is 19.1. The monoisotopic (exact) mass is 340 g/mol. The van der Waals surface area contributed by atoms with Gasteiger partial charge in [0.05, 0.1) is 11.6 Å². The molecule has 0 spiro atoms. The van der Waals surface area contributed by atoms with E-state index in [9.17, 15) is 9.50 Å². The van der Waals surface area contributed by atoms with Gasteiger partial charge in [-0.25, -0.2) is 4.39 Å². The molecule has 0 amide bonds. The van der Waals surface area contributed by atoms with E-state index in [1.165, 1.54) is 6.07 Å². The molecule has 3 rings (SSSR count). The molecule has 25 heavy (non-hydrogen) atoms. The van der Waals surface area contributed by atoms with Crippen molar-refractivity contribution in [2.24, 2.45) is 0 Å². The lowest BCUT2D eigenvalue weighted by atomic mass is 9.97. The zero-order valence-electron chi connectivity index (χ0n) is 14.2. The number of ether oxygens (including phenoxy) is 1. The molecule has 0 aromatic heterocycles. The molecule has 1 aliphatic rings. The van der Waals surface area contributed by atoms with E-state index in [1.807, 2.05) is 11.8 Å². The van der Waals surface area contributed by atoms with Gasteiger partial charge in [0.25, 0.3) is 0 Å². The maximum Gasteiger partial charge on any atom is 0.128 e. The highest BCUT2D eigenvalue weighted by Crippen LogP contribution is 2.32. The Kier molecular flexibility index (Phi) is 5.20. The number of rotatable bonds is 5. The molecule has 1 aliphatic heterocycles. The Balaban J connectivity index is 1.63. The minimum absolute atomic E-state index is 0.145. The lowest BCUT2D eigenvalue weighted by molar-refractivity contribution is 0.112. The summed E-state index contributed by atoms with van der Waals surface area (Å²) in [6, 6.07) is 12.1. The summed E-state index contributed by atoms with van der Waals surface area (Å²) in [5.74, 6) is 0.438. The second-order valence-electron chi connectivity index (χ2n) is 6.34. The average Bonchev–Trinajstić information content (AvgIpc) is 2.63. The third-order valence-electron chi connectivity index (χ3n) is 4.46. The smallest absolute Gasteiger partial charge is 0.128 e. The molecule has 2 aromatic rings. The van der Waals surface area contributed by atoms with Crippen molar-refractivity contribution < 1.29 is 14.2 Å². The van der Waals surface area contributed by atoms with Crippen molar-refractivity contribution in [2.45, 2.75) is 25.9 Å². The number of aryl methyl sites for hydroxylation is 1.